The number of benzene rings is 1. The Morgan fingerprint density at radius 3 is 2.67 bits per heavy atom. The first-order chi connectivity index (χ1) is 8.45. The van der Waals surface area contributed by atoms with Crippen LogP contribution in [0.5, 0.6) is 11.5 Å². The molecule has 0 saturated heterocycles. The summed E-state index contributed by atoms with van der Waals surface area (Å²) in [6, 6.07) is 5.23. The van der Waals surface area contributed by atoms with Gasteiger partial charge in [-0.3, -0.25) is 4.79 Å². The van der Waals surface area contributed by atoms with Crippen LogP contribution in [0.3, 0.4) is 0 Å². The Hall–Kier alpha value is -1.91. The molecule has 0 aliphatic rings. The first kappa shape index (κ1) is 14.2. The number of nitrogens with two attached hydrogens (primary N) is 1. The van der Waals surface area contributed by atoms with Gasteiger partial charge in [-0.1, -0.05) is 0 Å². The smallest absolute Gasteiger partial charge is 0.260 e. The first-order valence-electron chi connectivity index (χ1n) is 5.77. The van der Waals surface area contributed by atoms with Crippen molar-refractivity contribution >= 4 is 11.6 Å². The predicted molar refractivity (Wildman–Crippen MR) is 70.8 cm³/mol. The summed E-state index contributed by atoms with van der Waals surface area (Å²) in [6.07, 6.45) is 0. The molecule has 0 bridgehead atoms. The van der Waals surface area contributed by atoms with Crippen LogP contribution < -0.4 is 15.2 Å². The molecular formula is C13H20N2O3. The minimum atomic E-state index is -0.0905. The minimum Gasteiger partial charge on any atom is -0.497 e. The van der Waals surface area contributed by atoms with Gasteiger partial charge < -0.3 is 20.1 Å². The fraction of sp³-hybridized carbons (Fsp3) is 0.462. The van der Waals surface area contributed by atoms with E-state index in [1.54, 1.807) is 37.3 Å². The minimum absolute atomic E-state index is 0.0357. The fourth-order valence-electron chi connectivity index (χ4n) is 1.30. The molecule has 0 fully saturated rings. The third-order valence-electron chi connectivity index (χ3n) is 2.74. The Balaban J connectivity index is 2.66. The van der Waals surface area contributed by atoms with Gasteiger partial charge in [0, 0.05) is 19.2 Å². The second-order valence-corrected chi connectivity index (χ2v) is 4.29. The summed E-state index contributed by atoms with van der Waals surface area (Å²) in [5.74, 6) is 1.01. The Morgan fingerprint density at radius 2 is 2.11 bits per heavy atom. The van der Waals surface area contributed by atoms with E-state index in [-0.39, 0.29) is 18.6 Å². The van der Waals surface area contributed by atoms with E-state index < -0.39 is 0 Å². The van der Waals surface area contributed by atoms with Crippen molar-refractivity contribution in [1.82, 2.24) is 4.90 Å². The molecule has 5 heteroatoms. The molecular weight excluding hydrogens is 232 g/mol. The zero-order valence-corrected chi connectivity index (χ0v) is 11.3. The number of likely N-dealkylation sites (N-methyl/N-ethyl adjacent to an activating group) is 1. The Bertz CT molecular complexity index is 419. The van der Waals surface area contributed by atoms with Crippen molar-refractivity contribution in [2.24, 2.45) is 0 Å². The third kappa shape index (κ3) is 3.55. The van der Waals surface area contributed by atoms with Gasteiger partial charge in [0.15, 0.2) is 6.61 Å². The molecule has 18 heavy (non-hydrogen) atoms. The van der Waals surface area contributed by atoms with Crippen LogP contribution in [-0.2, 0) is 4.79 Å². The quantitative estimate of drug-likeness (QED) is 0.807. The number of anilines is 1. The van der Waals surface area contributed by atoms with E-state index >= 15 is 0 Å². The topological polar surface area (TPSA) is 64.8 Å². The number of hydrogen-bond donors (Lipinski definition) is 1. The Kier molecular flexibility index (Phi) is 4.83. The zero-order valence-electron chi connectivity index (χ0n) is 11.3. The number of ether oxygens (including phenoxy) is 2. The van der Waals surface area contributed by atoms with E-state index in [4.69, 9.17) is 15.2 Å². The Labute approximate surface area is 107 Å². The number of carbonyl (C=O) groups is 1. The van der Waals surface area contributed by atoms with Crippen LogP contribution in [0.2, 0.25) is 0 Å². The molecule has 0 radical (unpaired) electrons. The summed E-state index contributed by atoms with van der Waals surface area (Å²) in [5.41, 5.74) is 6.24. The van der Waals surface area contributed by atoms with Crippen LogP contribution in [0, 0.1) is 0 Å². The molecule has 0 atom stereocenters. The lowest BCUT2D eigenvalue weighted by Crippen LogP contribution is -2.36. The summed E-state index contributed by atoms with van der Waals surface area (Å²) in [5, 5.41) is 0. The highest BCUT2D eigenvalue weighted by Crippen LogP contribution is 2.26. The van der Waals surface area contributed by atoms with Gasteiger partial charge in [-0.2, -0.15) is 0 Å². The van der Waals surface area contributed by atoms with Crippen LogP contribution in [0.1, 0.15) is 13.8 Å². The zero-order chi connectivity index (χ0) is 13.7. The summed E-state index contributed by atoms with van der Waals surface area (Å²) in [6.45, 7) is 3.85. The van der Waals surface area contributed by atoms with Gasteiger partial charge in [-0.05, 0) is 26.0 Å². The molecule has 0 unspecified atom stereocenters. The van der Waals surface area contributed by atoms with Crippen LogP contribution in [-0.4, -0.2) is 37.6 Å². The molecule has 100 valence electrons. The molecule has 5 nitrogen and oxygen atoms in total. The molecule has 0 spiro atoms. The van der Waals surface area contributed by atoms with Crippen molar-refractivity contribution in [2.45, 2.75) is 19.9 Å². The van der Waals surface area contributed by atoms with E-state index in [0.29, 0.717) is 17.2 Å². The van der Waals surface area contributed by atoms with Gasteiger partial charge in [0.05, 0.1) is 12.8 Å². The number of carbonyl (C=O) groups excluding carboxylic acids is 1. The van der Waals surface area contributed by atoms with Crippen molar-refractivity contribution in [3.8, 4) is 11.5 Å². The summed E-state index contributed by atoms with van der Waals surface area (Å²) in [7, 11) is 3.30. The average Bonchev–Trinajstić information content (AvgIpc) is 2.36. The van der Waals surface area contributed by atoms with Crippen molar-refractivity contribution in [3.63, 3.8) is 0 Å². The molecule has 1 rings (SSSR count). The van der Waals surface area contributed by atoms with Crippen LogP contribution in [0.25, 0.3) is 0 Å². The van der Waals surface area contributed by atoms with Crippen LogP contribution in [0.4, 0.5) is 5.69 Å². The number of amides is 1. The van der Waals surface area contributed by atoms with Gasteiger partial charge in [0.1, 0.15) is 11.5 Å². The second-order valence-electron chi connectivity index (χ2n) is 4.29. The van der Waals surface area contributed by atoms with Crippen molar-refractivity contribution in [3.05, 3.63) is 18.2 Å². The molecule has 0 aliphatic carbocycles. The highest BCUT2D eigenvalue weighted by atomic mass is 16.5. The predicted octanol–water partition coefficient (Wildman–Crippen LogP) is 1.52. The van der Waals surface area contributed by atoms with Gasteiger partial charge >= 0.3 is 0 Å². The normalized spacial score (nSPS) is 10.3. The van der Waals surface area contributed by atoms with E-state index in [1.807, 2.05) is 13.8 Å². The van der Waals surface area contributed by atoms with Gasteiger partial charge in [0.2, 0.25) is 0 Å². The highest BCUT2D eigenvalue weighted by molar-refractivity contribution is 5.78. The molecule has 1 aromatic rings. The molecule has 0 aromatic heterocycles. The number of hydrogen-bond acceptors (Lipinski definition) is 4. The lowest BCUT2D eigenvalue weighted by Gasteiger charge is -2.21. The van der Waals surface area contributed by atoms with Gasteiger partial charge in [-0.25, -0.2) is 0 Å². The SMILES string of the molecule is COc1ccc(N)c(OCC(=O)N(C)C(C)C)c1. The third-order valence-corrected chi connectivity index (χ3v) is 2.74. The Morgan fingerprint density at radius 1 is 1.44 bits per heavy atom. The largest absolute Gasteiger partial charge is 0.497 e. The number of nitrogen functional groups attached to an aromatic ring is 1. The maximum absolute atomic E-state index is 11.8. The maximum Gasteiger partial charge on any atom is 0.260 e. The molecule has 0 aliphatic heterocycles. The molecule has 1 aromatic carbocycles. The van der Waals surface area contributed by atoms with Crippen molar-refractivity contribution < 1.29 is 14.3 Å². The van der Waals surface area contributed by atoms with Crippen LogP contribution in [0.15, 0.2) is 18.2 Å². The summed E-state index contributed by atoms with van der Waals surface area (Å²) >= 11 is 0. The van der Waals surface area contributed by atoms with Gasteiger partial charge in [-0.15, -0.1) is 0 Å². The van der Waals surface area contributed by atoms with E-state index in [9.17, 15) is 4.79 Å². The van der Waals surface area contributed by atoms with Crippen LogP contribution >= 0.6 is 0 Å². The highest BCUT2D eigenvalue weighted by Gasteiger charge is 2.13. The lowest BCUT2D eigenvalue weighted by atomic mass is 10.3. The number of methoxy groups -OCH3 is 1. The summed E-state index contributed by atoms with van der Waals surface area (Å²) < 4.78 is 10.5. The molecule has 2 N–H and O–H groups in total. The summed E-state index contributed by atoms with van der Waals surface area (Å²) in [4.78, 5) is 13.4. The molecule has 0 saturated carbocycles. The number of nitrogens with zero attached hydrogens (tertiary/aromatic N) is 1. The van der Waals surface area contributed by atoms with Crippen molar-refractivity contribution in [1.29, 1.82) is 0 Å². The molecule has 1 amide bonds. The average molecular weight is 252 g/mol. The lowest BCUT2D eigenvalue weighted by molar-refractivity contribution is -0.133. The monoisotopic (exact) mass is 252 g/mol. The van der Waals surface area contributed by atoms with E-state index in [1.165, 1.54) is 0 Å². The first-order valence-corrected chi connectivity index (χ1v) is 5.77. The van der Waals surface area contributed by atoms with Gasteiger partial charge in [0.25, 0.3) is 5.91 Å². The number of rotatable bonds is 5. The van der Waals surface area contributed by atoms with E-state index in [2.05, 4.69) is 0 Å². The van der Waals surface area contributed by atoms with E-state index in [0.717, 1.165) is 0 Å². The second kappa shape index (κ2) is 6.14. The van der Waals surface area contributed by atoms with Crippen molar-refractivity contribution in [2.75, 3.05) is 26.5 Å². The molecule has 0 heterocycles. The maximum atomic E-state index is 11.8. The fourth-order valence-corrected chi connectivity index (χ4v) is 1.30. The standard InChI is InChI=1S/C13H20N2O3/c1-9(2)15(3)13(16)8-18-12-7-10(17-4)5-6-11(12)14/h5-7,9H,8,14H2,1-4H3.